The highest BCUT2D eigenvalue weighted by Crippen LogP contribution is 2.08. The Morgan fingerprint density at radius 2 is 1.52 bits per heavy atom. The predicted octanol–water partition coefficient (Wildman–Crippen LogP) is 2.23. The van der Waals surface area contributed by atoms with Crippen LogP contribution in [0.2, 0.25) is 0 Å². The molecule has 0 aliphatic heterocycles. The van der Waals surface area contributed by atoms with Gasteiger partial charge in [0.1, 0.15) is 0 Å². The number of ketones is 1. The largest absolute Gasteiger partial charge is 0.352 e. The van der Waals surface area contributed by atoms with E-state index in [1.165, 1.54) is 6.92 Å². The number of nitrogens with one attached hydrogen (secondary N) is 4. The number of primary amides is 1. The molecule has 9 nitrogen and oxygen atoms in total. The van der Waals surface area contributed by atoms with Crippen LogP contribution in [0.4, 0.5) is 4.79 Å². The lowest BCUT2D eigenvalue weighted by Crippen LogP contribution is -2.50. The minimum atomic E-state index is -0.643. The summed E-state index contributed by atoms with van der Waals surface area (Å²) in [5, 5.41) is 11.0. The van der Waals surface area contributed by atoms with Crippen molar-refractivity contribution in [2.24, 2.45) is 5.73 Å². The molecule has 0 saturated carbocycles. The number of likely N-dealkylation sites (N-methyl/N-ethyl adjacent to an activating group) is 1. The van der Waals surface area contributed by atoms with Crippen molar-refractivity contribution >= 4 is 23.6 Å². The summed E-state index contributed by atoms with van der Waals surface area (Å²) < 4.78 is 0. The third-order valence-corrected chi connectivity index (χ3v) is 4.46. The van der Waals surface area contributed by atoms with E-state index in [9.17, 15) is 19.2 Å². The Morgan fingerprint density at radius 3 is 1.94 bits per heavy atom. The van der Waals surface area contributed by atoms with Gasteiger partial charge in [-0.25, -0.2) is 4.79 Å². The van der Waals surface area contributed by atoms with Gasteiger partial charge in [-0.1, -0.05) is 34.6 Å². The van der Waals surface area contributed by atoms with Crippen LogP contribution >= 0.6 is 0 Å². The summed E-state index contributed by atoms with van der Waals surface area (Å²) in [5.74, 6) is -0.613. The van der Waals surface area contributed by atoms with Gasteiger partial charge in [-0.15, -0.1) is 0 Å². The zero-order valence-corrected chi connectivity index (χ0v) is 21.1. The molecule has 0 aliphatic rings. The summed E-state index contributed by atoms with van der Waals surface area (Å²) in [7, 11) is 1.64. The predicted molar refractivity (Wildman–Crippen MR) is 127 cm³/mol. The zero-order chi connectivity index (χ0) is 25.0. The lowest BCUT2D eigenvalue weighted by atomic mass is 10.0. The Morgan fingerprint density at radius 1 is 0.968 bits per heavy atom. The van der Waals surface area contributed by atoms with Crippen LogP contribution in [-0.4, -0.2) is 54.8 Å². The molecule has 0 bridgehead atoms. The number of hydrogen-bond acceptors (Lipinski definition) is 5. The SMILES string of the molecule is CC.CC.CCC(C)(C)NC(=O)CCC(NC)C(=O)NC(CCCNC(N)=O)C(C)=O. The summed E-state index contributed by atoms with van der Waals surface area (Å²) in [6.45, 7) is 15.6. The van der Waals surface area contributed by atoms with Crippen LogP contribution in [0.25, 0.3) is 0 Å². The van der Waals surface area contributed by atoms with Crippen molar-refractivity contribution in [1.29, 1.82) is 0 Å². The minimum absolute atomic E-state index is 0.115. The first-order valence-corrected chi connectivity index (χ1v) is 11.3. The minimum Gasteiger partial charge on any atom is -0.352 e. The Balaban J connectivity index is -0.00000184. The van der Waals surface area contributed by atoms with Gasteiger partial charge in [0.15, 0.2) is 5.78 Å². The van der Waals surface area contributed by atoms with E-state index in [1.54, 1.807) is 7.05 Å². The first kappa shape index (κ1) is 33.5. The van der Waals surface area contributed by atoms with E-state index in [2.05, 4.69) is 21.3 Å². The van der Waals surface area contributed by atoms with E-state index in [0.717, 1.165) is 6.42 Å². The molecule has 184 valence electrons. The summed E-state index contributed by atoms with van der Waals surface area (Å²) in [4.78, 5) is 46.9. The molecule has 0 spiro atoms. The molecule has 0 aromatic rings. The van der Waals surface area contributed by atoms with Crippen molar-refractivity contribution in [3.63, 3.8) is 0 Å². The average molecular weight is 446 g/mol. The van der Waals surface area contributed by atoms with Crippen LogP contribution in [0.5, 0.6) is 0 Å². The fraction of sp³-hybridized carbons (Fsp3) is 0.818. The third-order valence-electron chi connectivity index (χ3n) is 4.46. The highest BCUT2D eigenvalue weighted by atomic mass is 16.2. The summed E-state index contributed by atoms with van der Waals surface area (Å²) in [6, 6.07) is -1.85. The third kappa shape index (κ3) is 18.3. The van der Waals surface area contributed by atoms with E-state index in [1.807, 2.05) is 48.5 Å². The molecule has 9 heteroatoms. The van der Waals surface area contributed by atoms with Crippen molar-refractivity contribution in [2.45, 2.75) is 105 Å². The number of rotatable bonds is 13. The van der Waals surface area contributed by atoms with Crippen LogP contribution in [0.1, 0.15) is 87.5 Å². The smallest absolute Gasteiger partial charge is 0.312 e. The van der Waals surface area contributed by atoms with Gasteiger partial charge in [-0.05, 0) is 53.5 Å². The summed E-state index contributed by atoms with van der Waals surface area (Å²) >= 11 is 0. The van der Waals surface area contributed by atoms with E-state index in [-0.39, 0.29) is 29.6 Å². The Labute approximate surface area is 189 Å². The molecule has 31 heavy (non-hydrogen) atoms. The molecule has 0 heterocycles. The maximum atomic E-state index is 12.4. The number of nitrogens with two attached hydrogens (primary N) is 1. The normalized spacial score (nSPS) is 12.0. The topological polar surface area (TPSA) is 142 Å². The highest BCUT2D eigenvalue weighted by molar-refractivity contribution is 5.90. The molecular formula is C22H47N5O4. The van der Waals surface area contributed by atoms with Gasteiger partial charge in [-0.3, -0.25) is 14.4 Å². The monoisotopic (exact) mass is 445 g/mol. The van der Waals surface area contributed by atoms with Crippen LogP contribution < -0.4 is 27.0 Å². The highest BCUT2D eigenvalue weighted by Gasteiger charge is 2.24. The fourth-order valence-electron chi connectivity index (χ4n) is 2.38. The van der Waals surface area contributed by atoms with Crippen molar-refractivity contribution in [2.75, 3.05) is 13.6 Å². The molecule has 2 atom stereocenters. The number of carbonyl (C=O) groups is 4. The van der Waals surface area contributed by atoms with E-state index in [0.29, 0.717) is 25.8 Å². The molecule has 0 aliphatic carbocycles. The van der Waals surface area contributed by atoms with E-state index < -0.39 is 18.1 Å². The molecule has 0 saturated heterocycles. The maximum absolute atomic E-state index is 12.4. The lowest BCUT2D eigenvalue weighted by molar-refractivity contribution is -0.129. The average Bonchev–Trinajstić information content (AvgIpc) is 2.72. The van der Waals surface area contributed by atoms with Gasteiger partial charge in [-0.2, -0.15) is 0 Å². The molecule has 0 aromatic carbocycles. The number of amides is 4. The first-order chi connectivity index (χ1) is 14.5. The van der Waals surface area contributed by atoms with Crippen molar-refractivity contribution in [1.82, 2.24) is 21.3 Å². The lowest BCUT2D eigenvalue weighted by Gasteiger charge is -2.25. The Bertz CT molecular complexity index is 524. The maximum Gasteiger partial charge on any atom is 0.312 e. The van der Waals surface area contributed by atoms with Crippen molar-refractivity contribution in [3.8, 4) is 0 Å². The summed E-state index contributed by atoms with van der Waals surface area (Å²) in [6.07, 6.45) is 2.23. The van der Waals surface area contributed by atoms with Gasteiger partial charge in [0.25, 0.3) is 0 Å². The van der Waals surface area contributed by atoms with Crippen LogP contribution in [0, 0.1) is 0 Å². The van der Waals surface area contributed by atoms with Crippen molar-refractivity contribution < 1.29 is 19.2 Å². The van der Waals surface area contributed by atoms with Gasteiger partial charge in [0.05, 0.1) is 12.1 Å². The molecule has 4 amide bonds. The fourth-order valence-corrected chi connectivity index (χ4v) is 2.38. The zero-order valence-electron chi connectivity index (χ0n) is 21.1. The molecule has 0 radical (unpaired) electrons. The van der Waals surface area contributed by atoms with Crippen molar-refractivity contribution in [3.05, 3.63) is 0 Å². The molecule has 0 rings (SSSR count). The molecule has 0 aromatic heterocycles. The number of urea groups is 1. The second-order valence-corrected chi connectivity index (χ2v) is 7.27. The first-order valence-electron chi connectivity index (χ1n) is 11.3. The molecule has 6 N–H and O–H groups in total. The quantitative estimate of drug-likeness (QED) is 0.276. The van der Waals surface area contributed by atoms with Gasteiger partial charge >= 0.3 is 6.03 Å². The number of carbonyl (C=O) groups excluding carboxylic acids is 4. The molecular weight excluding hydrogens is 398 g/mol. The standard InChI is InChI=1S/C18H35N5O4.2C2H6/c1-6-18(3,4)23-15(25)10-9-14(20-5)16(26)22-13(12(2)24)8-7-11-21-17(19)27;2*1-2/h13-14,20H,6-11H2,1-5H3,(H,22,26)(H,23,25)(H3,19,21,27);2*1-2H3. The second-order valence-electron chi connectivity index (χ2n) is 7.27. The van der Waals surface area contributed by atoms with Crippen LogP contribution in [0.3, 0.4) is 0 Å². The van der Waals surface area contributed by atoms with Crippen LogP contribution in [0.15, 0.2) is 0 Å². The van der Waals surface area contributed by atoms with Gasteiger partial charge < -0.3 is 27.0 Å². The number of hydrogen-bond donors (Lipinski definition) is 5. The summed E-state index contributed by atoms with van der Waals surface area (Å²) in [5.41, 5.74) is 4.70. The molecule has 0 fully saturated rings. The van der Waals surface area contributed by atoms with Crippen LogP contribution in [-0.2, 0) is 14.4 Å². The second kappa shape index (κ2) is 19.8. The van der Waals surface area contributed by atoms with E-state index >= 15 is 0 Å². The molecule has 2 unspecified atom stereocenters. The van der Waals surface area contributed by atoms with Gasteiger partial charge in [0.2, 0.25) is 11.8 Å². The Kier molecular flexibility index (Phi) is 21.4. The van der Waals surface area contributed by atoms with E-state index in [4.69, 9.17) is 5.73 Å². The Hall–Kier alpha value is -2.16. The number of Topliss-reactive ketones (excluding diaryl/α,β-unsaturated/α-hetero) is 1. The van der Waals surface area contributed by atoms with Gasteiger partial charge in [0, 0.05) is 18.5 Å².